The first-order valence-corrected chi connectivity index (χ1v) is 8.19. The Morgan fingerprint density at radius 2 is 2.25 bits per heavy atom. The fourth-order valence-electron chi connectivity index (χ4n) is 2.20. The van der Waals surface area contributed by atoms with Gasteiger partial charge in [-0.3, -0.25) is 4.79 Å². The molecule has 0 bridgehead atoms. The number of hydrogen-bond acceptors (Lipinski definition) is 8. The number of amides is 1. The van der Waals surface area contributed by atoms with Crippen LogP contribution in [0, 0.1) is 0 Å². The number of carbonyl (C=O) groups is 1. The van der Waals surface area contributed by atoms with Crippen molar-refractivity contribution in [2.45, 2.75) is 12.5 Å². The van der Waals surface area contributed by atoms with Crippen LogP contribution in [0.1, 0.15) is 6.42 Å². The largest absolute Gasteiger partial charge is 0.378 e. The van der Waals surface area contributed by atoms with Crippen molar-refractivity contribution in [2.24, 2.45) is 0 Å². The predicted octanol–water partition coefficient (Wildman–Crippen LogP) is 1.38. The summed E-state index contributed by atoms with van der Waals surface area (Å²) in [7, 11) is 1.76. The summed E-state index contributed by atoms with van der Waals surface area (Å²) in [6, 6.07) is 0.0608. The number of ether oxygens (including phenoxy) is 1. The first-order chi connectivity index (χ1) is 11.2. The van der Waals surface area contributed by atoms with Crippen molar-refractivity contribution in [1.29, 1.82) is 0 Å². The number of nitrogens with zero attached hydrogens (tertiary/aromatic N) is 3. The summed E-state index contributed by atoms with van der Waals surface area (Å²) < 4.78 is 5.34. The Kier molecular flexibility index (Phi) is 6.85. The molecule has 2 aromatic rings. The first kappa shape index (κ1) is 18.5. The van der Waals surface area contributed by atoms with Gasteiger partial charge < -0.3 is 20.7 Å². The Hall–Kier alpha value is -1.81. The molecule has 3 heterocycles. The number of anilines is 2. The van der Waals surface area contributed by atoms with Gasteiger partial charge in [-0.1, -0.05) is 0 Å². The monoisotopic (exact) mass is 370 g/mol. The Bertz CT molecular complexity index is 660. The van der Waals surface area contributed by atoms with Crippen molar-refractivity contribution in [1.82, 2.24) is 20.3 Å². The van der Waals surface area contributed by atoms with E-state index in [1.807, 2.05) is 5.38 Å². The average Bonchev–Trinajstić information content (AvgIpc) is 3.04. The molecule has 8 nitrogen and oxygen atoms in total. The van der Waals surface area contributed by atoms with Gasteiger partial charge in [0.05, 0.1) is 18.9 Å². The molecule has 1 atom stereocenters. The zero-order valence-corrected chi connectivity index (χ0v) is 14.7. The average molecular weight is 371 g/mol. The van der Waals surface area contributed by atoms with Gasteiger partial charge >= 0.3 is 0 Å². The van der Waals surface area contributed by atoms with Crippen molar-refractivity contribution in [3.8, 4) is 11.3 Å². The molecule has 0 saturated carbocycles. The number of halogens is 1. The molecule has 1 saturated heterocycles. The van der Waals surface area contributed by atoms with Crippen LogP contribution >= 0.6 is 23.7 Å². The first-order valence-electron chi connectivity index (χ1n) is 7.31. The van der Waals surface area contributed by atoms with Crippen LogP contribution in [0.15, 0.2) is 17.8 Å². The second-order valence-electron chi connectivity index (χ2n) is 5.06. The highest BCUT2D eigenvalue weighted by atomic mass is 35.5. The third-order valence-corrected chi connectivity index (χ3v) is 4.11. The molecule has 3 rings (SSSR count). The van der Waals surface area contributed by atoms with Gasteiger partial charge in [-0.05, 0) is 0 Å². The van der Waals surface area contributed by atoms with E-state index in [9.17, 15) is 4.79 Å². The molecule has 1 aliphatic heterocycles. The molecule has 10 heteroatoms. The standard InChI is InChI=1S/C14H18N6O2S.ClH/c1-15-13-17-5-9(6-18-13)11-8-23-14(19-11)20-12(21)4-10-7-22-3-2-16-10;/h5-6,8,10,16H,2-4,7H2,1H3,(H,15,17,18)(H,19,20,21);1H/t10-;/m0./s1. The van der Waals surface area contributed by atoms with Gasteiger partial charge in [0.1, 0.15) is 0 Å². The van der Waals surface area contributed by atoms with Crippen LogP contribution in [-0.4, -0.2) is 53.7 Å². The molecule has 1 fully saturated rings. The van der Waals surface area contributed by atoms with Crippen LogP contribution in [0.25, 0.3) is 11.3 Å². The highest BCUT2D eigenvalue weighted by Gasteiger charge is 2.17. The van der Waals surface area contributed by atoms with E-state index < -0.39 is 0 Å². The molecular formula is C14H19ClN6O2S. The summed E-state index contributed by atoms with van der Waals surface area (Å²) in [5, 5.41) is 11.4. The van der Waals surface area contributed by atoms with E-state index in [0.29, 0.717) is 30.7 Å². The van der Waals surface area contributed by atoms with Crippen LogP contribution < -0.4 is 16.0 Å². The number of morpholine rings is 1. The lowest BCUT2D eigenvalue weighted by Crippen LogP contribution is -2.43. The zero-order chi connectivity index (χ0) is 16.1. The normalized spacial score (nSPS) is 17.0. The predicted molar refractivity (Wildman–Crippen MR) is 95.8 cm³/mol. The van der Waals surface area contributed by atoms with E-state index in [0.717, 1.165) is 17.8 Å². The van der Waals surface area contributed by atoms with Gasteiger partial charge in [0, 0.05) is 49.4 Å². The van der Waals surface area contributed by atoms with Crippen molar-refractivity contribution < 1.29 is 9.53 Å². The van der Waals surface area contributed by atoms with Gasteiger partial charge in [0.15, 0.2) is 5.13 Å². The van der Waals surface area contributed by atoms with Gasteiger partial charge in [0.25, 0.3) is 0 Å². The van der Waals surface area contributed by atoms with Crippen molar-refractivity contribution >= 4 is 40.7 Å². The van der Waals surface area contributed by atoms with E-state index >= 15 is 0 Å². The fourth-order valence-corrected chi connectivity index (χ4v) is 2.93. The van der Waals surface area contributed by atoms with Crippen LogP contribution in [-0.2, 0) is 9.53 Å². The van der Waals surface area contributed by atoms with E-state index in [4.69, 9.17) is 4.74 Å². The van der Waals surface area contributed by atoms with Crippen LogP contribution in [0.3, 0.4) is 0 Å². The number of carbonyl (C=O) groups excluding carboxylic acids is 1. The van der Waals surface area contributed by atoms with E-state index in [2.05, 4.69) is 30.9 Å². The topological polar surface area (TPSA) is 101 Å². The third kappa shape index (κ3) is 4.84. The maximum absolute atomic E-state index is 12.0. The lowest BCUT2D eigenvalue weighted by molar-refractivity contribution is -0.117. The molecule has 1 amide bonds. The lowest BCUT2D eigenvalue weighted by atomic mass is 10.2. The van der Waals surface area contributed by atoms with E-state index in [-0.39, 0.29) is 24.4 Å². The quantitative estimate of drug-likeness (QED) is 0.730. The number of hydrogen-bond donors (Lipinski definition) is 3. The van der Waals surface area contributed by atoms with E-state index in [1.165, 1.54) is 11.3 Å². The Balaban J connectivity index is 0.00000208. The molecule has 0 aliphatic carbocycles. The summed E-state index contributed by atoms with van der Waals surface area (Å²) in [6.45, 7) is 2.04. The number of aromatic nitrogens is 3. The second-order valence-corrected chi connectivity index (χ2v) is 5.92. The van der Waals surface area contributed by atoms with Gasteiger partial charge in [-0.25, -0.2) is 15.0 Å². The smallest absolute Gasteiger partial charge is 0.227 e. The SMILES string of the molecule is CNc1ncc(-c2csc(NC(=O)C[C@H]3COCCN3)n2)cn1.Cl. The molecule has 3 N–H and O–H groups in total. The summed E-state index contributed by atoms with van der Waals surface area (Å²) in [5.41, 5.74) is 1.55. The van der Waals surface area contributed by atoms with Crippen molar-refractivity contribution in [3.63, 3.8) is 0 Å². The minimum atomic E-state index is -0.0734. The Morgan fingerprint density at radius 3 is 2.92 bits per heavy atom. The van der Waals surface area contributed by atoms with Crippen molar-refractivity contribution in [3.05, 3.63) is 17.8 Å². The molecule has 0 aromatic carbocycles. The molecular weight excluding hydrogens is 352 g/mol. The Morgan fingerprint density at radius 1 is 1.46 bits per heavy atom. The number of rotatable bonds is 5. The molecule has 0 radical (unpaired) electrons. The van der Waals surface area contributed by atoms with Crippen LogP contribution in [0.5, 0.6) is 0 Å². The number of thiazole rings is 1. The molecule has 24 heavy (non-hydrogen) atoms. The minimum Gasteiger partial charge on any atom is -0.378 e. The van der Waals surface area contributed by atoms with Crippen LogP contribution in [0.4, 0.5) is 11.1 Å². The zero-order valence-electron chi connectivity index (χ0n) is 13.1. The third-order valence-electron chi connectivity index (χ3n) is 3.35. The maximum Gasteiger partial charge on any atom is 0.227 e. The summed E-state index contributed by atoms with van der Waals surface area (Å²) >= 11 is 1.38. The van der Waals surface area contributed by atoms with E-state index in [1.54, 1.807) is 19.4 Å². The fraction of sp³-hybridized carbons (Fsp3) is 0.429. The summed E-state index contributed by atoms with van der Waals surface area (Å²) in [4.78, 5) is 24.7. The molecule has 1 aliphatic rings. The minimum absolute atomic E-state index is 0. The molecule has 0 spiro atoms. The second kappa shape index (κ2) is 8.88. The van der Waals surface area contributed by atoms with Gasteiger partial charge in [-0.15, -0.1) is 23.7 Å². The molecule has 130 valence electrons. The van der Waals surface area contributed by atoms with Crippen LogP contribution in [0.2, 0.25) is 0 Å². The number of nitrogens with one attached hydrogen (secondary N) is 3. The lowest BCUT2D eigenvalue weighted by Gasteiger charge is -2.22. The summed E-state index contributed by atoms with van der Waals surface area (Å²) in [6.07, 6.45) is 3.76. The highest BCUT2D eigenvalue weighted by molar-refractivity contribution is 7.14. The highest BCUT2D eigenvalue weighted by Crippen LogP contribution is 2.24. The maximum atomic E-state index is 12.0. The molecule has 0 unspecified atom stereocenters. The summed E-state index contributed by atoms with van der Waals surface area (Å²) in [5.74, 6) is 0.482. The molecule has 2 aromatic heterocycles. The van der Waals surface area contributed by atoms with Gasteiger partial charge in [-0.2, -0.15) is 0 Å². The Labute approximate surface area is 149 Å². The van der Waals surface area contributed by atoms with Gasteiger partial charge in [0.2, 0.25) is 11.9 Å². The van der Waals surface area contributed by atoms with Crippen molar-refractivity contribution in [2.75, 3.05) is 37.4 Å².